The summed E-state index contributed by atoms with van der Waals surface area (Å²) in [5, 5.41) is 6.18. The Bertz CT molecular complexity index is 1230. The number of hydrogen-bond acceptors (Lipinski definition) is 5. The van der Waals surface area contributed by atoms with E-state index < -0.39 is 44.2 Å². The minimum atomic E-state index is -4.37. The zero-order chi connectivity index (χ0) is 23.4. The molecule has 1 heterocycles. The summed E-state index contributed by atoms with van der Waals surface area (Å²) >= 11 is 0. The maximum Gasteiger partial charge on any atom is 0.264 e. The van der Waals surface area contributed by atoms with Crippen LogP contribution in [-0.4, -0.2) is 39.5 Å². The average Bonchev–Trinajstić information content (AvgIpc) is 3.01. The van der Waals surface area contributed by atoms with E-state index in [2.05, 4.69) is 15.4 Å². The highest BCUT2D eigenvalue weighted by molar-refractivity contribution is 7.92. The normalized spacial score (nSPS) is 23.8. The van der Waals surface area contributed by atoms with Gasteiger partial charge >= 0.3 is 0 Å². The van der Waals surface area contributed by atoms with E-state index in [1.54, 1.807) is 6.07 Å². The molecule has 6 nitrogen and oxygen atoms in total. The Labute approximate surface area is 190 Å². The molecule has 2 aromatic rings. The topological polar surface area (TPSA) is 87.3 Å². The van der Waals surface area contributed by atoms with E-state index in [0.717, 1.165) is 29.7 Å². The van der Waals surface area contributed by atoms with Gasteiger partial charge in [0.15, 0.2) is 0 Å². The lowest BCUT2D eigenvalue weighted by molar-refractivity contribution is -0.125. The number of halogens is 3. The number of rotatable bonds is 5. The van der Waals surface area contributed by atoms with Crippen molar-refractivity contribution in [3.05, 3.63) is 53.1 Å². The lowest BCUT2D eigenvalue weighted by atomic mass is 9.64. The smallest absolute Gasteiger partial charge is 0.264 e. The fraction of sp³-hybridized carbons (Fsp3) is 0.435. The molecule has 33 heavy (non-hydrogen) atoms. The van der Waals surface area contributed by atoms with Crippen molar-refractivity contribution < 1.29 is 26.4 Å². The summed E-state index contributed by atoms with van der Waals surface area (Å²) in [7, 11) is -4.37. The van der Waals surface area contributed by atoms with Gasteiger partial charge in [-0.2, -0.15) is 0 Å². The van der Waals surface area contributed by atoms with Gasteiger partial charge in [0.05, 0.1) is 17.1 Å². The van der Waals surface area contributed by atoms with Crippen LogP contribution in [0.25, 0.3) is 0 Å². The predicted octanol–water partition coefficient (Wildman–Crippen LogP) is 3.42. The first kappa shape index (κ1) is 22.2. The van der Waals surface area contributed by atoms with Crippen molar-refractivity contribution >= 4 is 27.2 Å². The first-order valence-electron chi connectivity index (χ1n) is 11.0. The minimum absolute atomic E-state index is 0.0819. The van der Waals surface area contributed by atoms with Gasteiger partial charge in [-0.1, -0.05) is 6.42 Å². The third kappa shape index (κ3) is 3.78. The molecule has 3 aliphatic rings. The summed E-state index contributed by atoms with van der Waals surface area (Å²) in [6.07, 6.45) is 1.86. The molecule has 1 saturated heterocycles. The van der Waals surface area contributed by atoms with Crippen molar-refractivity contribution in [3.63, 3.8) is 0 Å². The number of alkyl halides is 1. The van der Waals surface area contributed by atoms with E-state index in [4.69, 9.17) is 0 Å². The van der Waals surface area contributed by atoms with E-state index in [1.807, 2.05) is 0 Å². The third-order valence-electron chi connectivity index (χ3n) is 7.03. The largest absolute Gasteiger partial charge is 0.379 e. The van der Waals surface area contributed by atoms with E-state index in [0.29, 0.717) is 37.6 Å². The zero-order valence-electron chi connectivity index (χ0n) is 17.8. The van der Waals surface area contributed by atoms with Crippen molar-refractivity contribution in [2.75, 3.05) is 23.1 Å². The van der Waals surface area contributed by atoms with Gasteiger partial charge in [-0.25, -0.2) is 21.6 Å². The number of piperidine rings is 1. The lowest BCUT2D eigenvalue weighted by Crippen LogP contribution is -2.45. The number of hydrogen-bond donors (Lipinski definition) is 3. The number of nitrogens with one attached hydrogen (secondary N) is 3. The molecule has 0 bridgehead atoms. The number of ketones is 1. The van der Waals surface area contributed by atoms with Crippen molar-refractivity contribution in [1.29, 1.82) is 0 Å². The maximum absolute atomic E-state index is 14.5. The van der Waals surface area contributed by atoms with Gasteiger partial charge in [0.1, 0.15) is 28.5 Å². The van der Waals surface area contributed by atoms with Gasteiger partial charge in [-0.05, 0) is 61.2 Å². The van der Waals surface area contributed by atoms with Crippen molar-refractivity contribution in [2.45, 2.75) is 54.6 Å². The average molecular weight is 480 g/mol. The molecule has 2 atom stereocenters. The molecule has 2 aromatic carbocycles. The van der Waals surface area contributed by atoms with Gasteiger partial charge in [0.2, 0.25) is 0 Å². The molecule has 3 N–H and O–H groups in total. The van der Waals surface area contributed by atoms with Crippen molar-refractivity contribution in [3.8, 4) is 0 Å². The van der Waals surface area contributed by atoms with Gasteiger partial charge in [0, 0.05) is 24.7 Å². The molecule has 2 aliphatic carbocycles. The number of anilines is 2. The number of sulfonamides is 1. The maximum atomic E-state index is 14.5. The van der Waals surface area contributed by atoms with Crippen LogP contribution in [0.2, 0.25) is 0 Å². The van der Waals surface area contributed by atoms with Gasteiger partial charge < -0.3 is 10.6 Å². The fourth-order valence-corrected chi connectivity index (χ4v) is 6.22. The van der Waals surface area contributed by atoms with Crippen LogP contribution in [0.3, 0.4) is 0 Å². The molecule has 10 heteroatoms. The molecule has 5 rings (SSSR count). The number of Topliss-reactive ketones (excluding diaryl/α,β-unsaturated/α-hetero) is 1. The quantitative estimate of drug-likeness (QED) is 0.612. The lowest BCUT2D eigenvalue weighted by Gasteiger charge is -2.38. The molecular formula is C23H24F3N3O3S. The molecule has 0 amide bonds. The van der Waals surface area contributed by atoms with Crippen LogP contribution in [0.4, 0.5) is 24.5 Å². The molecule has 1 aliphatic heterocycles. The highest BCUT2D eigenvalue weighted by atomic mass is 32.2. The van der Waals surface area contributed by atoms with Gasteiger partial charge in [-0.15, -0.1) is 0 Å². The molecule has 1 spiro atoms. The fourth-order valence-electron chi connectivity index (χ4n) is 5.12. The second kappa shape index (κ2) is 8.02. The molecule has 0 radical (unpaired) electrons. The summed E-state index contributed by atoms with van der Waals surface area (Å²) in [6, 6.07) is 4.90. The first-order valence-corrected chi connectivity index (χ1v) is 12.5. The molecule has 0 aromatic heterocycles. The summed E-state index contributed by atoms with van der Waals surface area (Å²) in [6.45, 7) is 0.845. The van der Waals surface area contributed by atoms with Crippen LogP contribution in [-0.2, 0) is 26.7 Å². The Balaban J connectivity index is 1.55. The van der Waals surface area contributed by atoms with Crippen LogP contribution < -0.4 is 15.4 Å². The third-order valence-corrected chi connectivity index (χ3v) is 8.44. The minimum Gasteiger partial charge on any atom is -0.379 e. The monoisotopic (exact) mass is 479 g/mol. The standard InChI is InChI=1S/C23H24F3N3O3S/c24-13-2-3-21(17(25)8-13)33(31,32)29-14-9-16-15(11-22(30)23(16)5-1-6-23)20(10-14)28-19-4-7-27-12-18(19)26/h2-3,8-10,18-19,27-29H,1,4-7,11-12H2. The summed E-state index contributed by atoms with van der Waals surface area (Å²) < 4.78 is 70.0. The van der Waals surface area contributed by atoms with Gasteiger partial charge in [0.25, 0.3) is 10.0 Å². The summed E-state index contributed by atoms with van der Waals surface area (Å²) in [5.74, 6) is -2.01. The highest BCUT2D eigenvalue weighted by Gasteiger charge is 2.51. The van der Waals surface area contributed by atoms with Crippen LogP contribution in [0.15, 0.2) is 35.2 Å². The predicted molar refractivity (Wildman–Crippen MR) is 118 cm³/mol. The molecule has 2 fully saturated rings. The van der Waals surface area contributed by atoms with Crippen molar-refractivity contribution in [1.82, 2.24) is 5.32 Å². The number of benzene rings is 2. The molecular weight excluding hydrogens is 455 g/mol. The van der Waals surface area contributed by atoms with E-state index in [-0.39, 0.29) is 24.4 Å². The SMILES string of the molecule is O=C1Cc2c(NC3CCNCC3F)cc(NS(=O)(=O)c3ccc(F)cc3F)cc2C12CCC2. The Morgan fingerprint density at radius 2 is 1.91 bits per heavy atom. The zero-order valence-corrected chi connectivity index (χ0v) is 18.6. The molecule has 176 valence electrons. The Morgan fingerprint density at radius 1 is 1.12 bits per heavy atom. The van der Waals surface area contributed by atoms with Gasteiger partial charge in [-0.3, -0.25) is 9.52 Å². The first-order chi connectivity index (χ1) is 15.7. The van der Waals surface area contributed by atoms with Crippen LogP contribution in [0, 0.1) is 11.6 Å². The van der Waals surface area contributed by atoms with Crippen LogP contribution in [0.1, 0.15) is 36.8 Å². The van der Waals surface area contributed by atoms with E-state index >= 15 is 0 Å². The summed E-state index contributed by atoms with van der Waals surface area (Å²) in [5.41, 5.74) is 1.52. The number of fused-ring (bicyclic) bond motifs is 2. The Kier molecular flexibility index (Phi) is 5.40. The van der Waals surface area contributed by atoms with Crippen LogP contribution >= 0.6 is 0 Å². The Morgan fingerprint density at radius 3 is 2.58 bits per heavy atom. The second-order valence-electron chi connectivity index (χ2n) is 9.03. The van der Waals surface area contributed by atoms with Crippen molar-refractivity contribution in [2.24, 2.45) is 0 Å². The Hall–Kier alpha value is -2.59. The highest BCUT2D eigenvalue weighted by Crippen LogP contribution is 2.53. The van der Waals surface area contributed by atoms with E-state index in [1.165, 1.54) is 6.07 Å². The molecule has 1 saturated carbocycles. The number of carbonyl (C=O) groups excluding carboxylic acids is 1. The summed E-state index contributed by atoms with van der Waals surface area (Å²) in [4.78, 5) is 12.2. The number of carbonyl (C=O) groups is 1. The molecule has 2 unspecified atom stereocenters. The second-order valence-corrected chi connectivity index (χ2v) is 10.7. The van der Waals surface area contributed by atoms with E-state index in [9.17, 15) is 26.4 Å². The van der Waals surface area contributed by atoms with Crippen LogP contribution in [0.5, 0.6) is 0 Å².